The van der Waals surface area contributed by atoms with Gasteiger partial charge in [0, 0.05) is 12.8 Å². The van der Waals surface area contributed by atoms with E-state index in [2.05, 4.69) is 24.4 Å². The van der Waals surface area contributed by atoms with Gasteiger partial charge in [0.25, 0.3) is 0 Å². The molecule has 0 radical (unpaired) electrons. The number of hydrogen-bond acceptors (Lipinski definition) is 3. The van der Waals surface area contributed by atoms with Crippen molar-refractivity contribution in [3.63, 3.8) is 0 Å². The number of amides is 1. The van der Waals surface area contributed by atoms with Crippen LogP contribution in [0.15, 0.2) is 12.2 Å². The van der Waals surface area contributed by atoms with Gasteiger partial charge in [-0.3, -0.25) is 4.79 Å². The smallest absolute Gasteiger partial charge is 0.328 e. The maximum atomic E-state index is 11.7. The highest BCUT2D eigenvalue weighted by Crippen LogP contribution is 2.08. The molecule has 1 fully saturated rings. The van der Waals surface area contributed by atoms with Gasteiger partial charge in [0.05, 0.1) is 6.61 Å². The fraction of sp³-hybridized carbons (Fsp3) is 0.778. The minimum atomic E-state index is -0.414. The molecule has 126 valence electrons. The number of carbonyl (C=O) groups excluding carboxylic acids is 2. The van der Waals surface area contributed by atoms with Gasteiger partial charge in [-0.25, -0.2) is 4.79 Å². The summed E-state index contributed by atoms with van der Waals surface area (Å²) in [7, 11) is 0. The lowest BCUT2D eigenvalue weighted by Gasteiger charge is -2.08. The van der Waals surface area contributed by atoms with E-state index in [0.717, 1.165) is 25.7 Å². The largest absolute Gasteiger partial charge is 0.464 e. The van der Waals surface area contributed by atoms with Crippen molar-refractivity contribution in [2.24, 2.45) is 0 Å². The molecule has 1 atom stereocenters. The Morgan fingerprint density at radius 3 is 2.41 bits per heavy atom. The highest BCUT2D eigenvalue weighted by Gasteiger charge is 2.27. The van der Waals surface area contributed by atoms with Crippen LogP contribution in [0.1, 0.15) is 77.6 Å². The topological polar surface area (TPSA) is 55.4 Å². The fourth-order valence-corrected chi connectivity index (χ4v) is 2.54. The molecule has 0 aromatic carbocycles. The standard InChI is InChI=1S/C18H31NO3/c1-2-3-4-5-6-7-8-9-10-11-12-13-17(20)19-16-14-15-22-18(16)21/h7-8,16H,2-6,9-15H2,1H3,(H,19,20)/b8-7+. The average molecular weight is 309 g/mol. The number of ether oxygens (including phenoxy) is 1. The van der Waals surface area contributed by atoms with Gasteiger partial charge in [0.1, 0.15) is 6.04 Å². The monoisotopic (exact) mass is 309 g/mol. The molecule has 1 amide bonds. The summed E-state index contributed by atoms with van der Waals surface area (Å²) in [6, 6.07) is -0.414. The van der Waals surface area contributed by atoms with Gasteiger partial charge in [-0.15, -0.1) is 0 Å². The molecular weight excluding hydrogens is 278 g/mol. The number of esters is 1. The Hall–Kier alpha value is -1.32. The predicted octanol–water partition coefficient (Wildman–Crippen LogP) is 3.90. The minimum absolute atomic E-state index is 0.0321. The number of rotatable bonds is 12. The maximum Gasteiger partial charge on any atom is 0.328 e. The molecule has 1 heterocycles. The summed E-state index contributed by atoms with van der Waals surface area (Å²) in [5, 5.41) is 2.74. The highest BCUT2D eigenvalue weighted by atomic mass is 16.5. The predicted molar refractivity (Wildman–Crippen MR) is 88.5 cm³/mol. The van der Waals surface area contributed by atoms with Crippen molar-refractivity contribution in [2.45, 2.75) is 83.6 Å². The zero-order valence-electron chi connectivity index (χ0n) is 13.9. The molecular formula is C18H31NO3. The Balaban J connectivity index is 1.89. The first-order valence-corrected chi connectivity index (χ1v) is 8.85. The highest BCUT2D eigenvalue weighted by molar-refractivity contribution is 5.85. The molecule has 4 heteroatoms. The third kappa shape index (κ3) is 8.85. The Morgan fingerprint density at radius 1 is 1.14 bits per heavy atom. The molecule has 1 aliphatic rings. The number of hydrogen-bond donors (Lipinski definition) is 1. The van der Waals surface area contributed by atoms with Gasteiger partial charge in [-0.05, 0) is 32.1 Å². The molecule has 1 unspecified atom stereocenters. The van der Waals surface area contributed by atoms with Crippen LogP contribution in [0.2, 0.25) is 0 Å². The zero-order chi connectivity index (χ0) is 16.0. The van der Waals surface area contributed by atoms with Crippen LogP contribution in [-0.4, -0.2) is 24.5 Å². The molecule has 0 aromatic heterocycles. The Morgan fingerprint density at radius 2 is 1.82 bits per heavy atom. The summed E-state index contributed by atoms with van der Waals surface area (Å²) in [4.78, 5) is 22.9. The third-order valence-corrected chi connectivity index (χ3v) is 3.94. The van der Waals surface area contributed by atoms with Crippen LogP contribution in [0.25, 0.3) is 0 Å². The maximum absolute atomic E-state index is 11.7. The lowest BCUT2D eigenvalue weighted by Crippen LogP contribution is -2.37. The van der Waals surface area contributed by atoms with Crippen molar-refractivity contribution < 1.29 is 14.3 Å². The molecule has 1 saturated heterocycles. The van der Waals surface area contributed by atoms with Crippen molar-refractivity contribution in [3.8, 4) is 0 Å². The van der Waals surface area contributed by atoms with E-state index in [9.17, 15) is 9.59 Å². The van der Waals surface area contributed by atoms with Gasteiger partial charge in [-0.1, -0.05) is 44.8 Å². The van der Waals surface area contributed by atoms with Crippen molar-refractivity contribution in [3.05, 3.63) is 12.2 Å². The Kier molecular flexibility index (Phi) is 10.4. The normalized spacial score (nSPS) is 17.9. The van der Waals surface area contributed by atoms with Gasteiger partial charge in [0.15, 0.2) is 0 Å². The summed E-state index contributed by atoms with van der Waals surface area (Å²) in [6.07, 6.45) is 16.3. The average Bonchev–Trinajstić information content (AvgIpc) is 2.90. The summed E-state index contributed by atoms with van der Waals surface area (Å²) in [5.74, 6) is -0.326. The summed E-state index contributed by atoms with van der Waals surface area (Å²) < 4.78 is 4.82. The molecule has 4 nitrogen and oxygen atoms in total. The van der Waals surface area contributed by atoms with E-state index in [1.165, 1.54) is 32.1 Å². The number of nitrogens with one attached hydrogen (secondary N) is 1. The van der Waals surface area contributed by atoms with Crippen molar-refractivity contribution in [1.29, 1.82) is 0 Å². The molecule has 1 N–H and O–H groups in total. The number of cyclic esters (lactones) is 1. The van der Waals surface area contributed by atoms with Gasteiger partial charge in [0.2, 0.25) is 5.91 Å². The second kappa shape index (κ2) is 12.2. The second-order valence-electron chi connectivity index (χ2n) is 6.00. The Bertz CT molecular complexity index is 352. The first-order chi connectivity index (χ1) is 10.7. The van der Waals surface area contributed by atoms with Crippen LogP contribution in [0.4, 0.5) is 0 Å². The SMILES string of the molecule is CCCCCC/C=C/CCCCCC(=O)NC1CCOC1=O. The van der Waals surface area contributed by atoms with Crippen LogP contribution in [-0.2, 0) is 14.3 Å². The molecule has 1 aliphatic heterocycles. The van der Waals surface area contributed by atoms with Gasteiger partial charge < -0.3 is 10.1 Å². The molecule has 0 saturated carbocycles. The summed E-state index contributed by atoms with van der Waals surface area (Å²) in [6.45, 7) is 2.66. The van der Waals surface area contributed by atoms with Crippen molar-refractivity contribution in [1.82, 2.24) is 5.32 Å². The quantitative estimate of drug-likeness (QED) is 0.338. The molecule has 1 rings (SSSR count). The minimum Gasteiger partial charge on any atom is -0.464 e. The van der Waals surface area contributed by atoms with E-state index in [4.69, 9.17) is 4.74 Å². The molecule has 0 aliphatic carbocycles. The fourth-order valence-electron chi connectivity index (χ4n) is 2.54. The van der Waals surface area contributed by atoms with Crippen LogP contribution in [0.5, 0.6) is 0 Å². The first kappa shape index (κ1) is 18.7. The number of allylic oxidation sites excluding steroid dienone is 2. The summed E-state index contributed by atoms with van der Waals surface area (Å²) in [5.41, 5.74) is 0. The lowest BCUT2D eigenvalue weighted by atomic mass is 10.1. The molecule has 22 heavy (non-hydrogen) atoms. The molecule has 0 aromatic rings. The van der Waals surface area contributed by atoms with Crippen LogP contribution in [0, 0.1) is 0 Å². The number of carbonyl (C=O) groups is 2. The number of unbranched alkanes of at least 4 members (excludes halogenated alkanes) is 7. The second-order valence-corrected chi connectivity index (χ2v) is 6.00. The van der Waals surface area contributed by atoms with Crippen LogP contribution in [0.3, 0.4) is 0 Å². The first-order valence-electron chi connectivity index (χ1n) is 8.85. The van der Waals surface area contributed by atoms with Crippen LogP contribution < -0.4 is 5.32 Å². The lowest BCUT2D eigenvalue weighted by molar-refractivity contribution is -0.141. The van der Waals surface area contributed by atoms with Gasteiger partial charge in [-0.2, -0.15) is 0 Å². The van der Waals surface area contributed by atoms with E-state index in [-0.39, 0.29) is 11.9 Å². The van der Waals surface area contributed by atoms with E-state index in [1.54, 1.807) is 0 Å². The molecule has 0 bridgehead atoms. The van der Waals surface area contributed by atoms with Crippen molar-refractivity contribution in [2.75, 3.05) is 6.61 Å². The van der Waals surface area contributed by atoms with E-state index in [1.807, 2.05) is 0 Å². The van der Waals surface area contributed by atoms with E-state index in [0.29, 0.717) is 19.4 Å². The third-order valence-electron chi connectivity index (χ3n) is 3.94. The molecule has 0 spiro atoms. The van der Waals surface area contributed by atoms with Crippen LogP contribution >= 0.6 is 0 Å². The summed E-state index contributed by atoms with van der Waals surface area (Å²) >= 11 is 0. The van der Waals surface area contributed by atoms with E-state index >= 15 is 0 Å². The zero-order valence-corrected chi connectivity index (χ0v) is 13.9. The van der Waals surface area contributed by atoms with Gasteiger partial charge >= 0.3 is 5.97 Å². The Labute approximate surface area is 134 Å². The van der Waals surface area contributed by atoms with E-state index < -0.39 is 6.04 Å². The van der Waals surface area contributed by atoms with Crippen molar-refractivity contribution >= 4 is 11.9 Å².